The molecule has 0 radical (unpaired) electrons. The molecular formula is C17H13IO. The van der Waals surface area contributed by atoms with Gasteiger partial charge < -0.3 is 0 Å². The van der Waals surface area contributed by atoms with Crippen molar-refractivity contribution >= 4 is 40.5 Å². The number of ketones is 1. The van der Waals surface area contributed by atoms with E-state index >= 15 is 0 Å². The van der Waals surface area contributed by atoms with Gasteiger partial charge in [0.2, 0.25) is 0 Å². The molecule has 94 valence electrons. The van der Waals surface area contributed by atoms with Gasteiger partial charge in [-0.05, 0) is 16.7 Å². The third-order valence-electron chi connectivity index (χ3n) is 3.51. The van der Waals surface area contributed by atoms with Crippen molar-refractivity contribution < 1.29 is 4.79 Å². The van der Waals surface area contributed by atoms with E-state index < -0.39 is 0 Å². The van der Waals surface area contributed by atoms with Crippen molar-refractivity contribution in [3.05, 3.63) is 70.8 Å². The van der Waals surface area contributed by atoms with Gasteiger partial charge in [-0.3, -0.25) is 4.79 Å². The van der Waals surface area contributed by atoms with Gasteiger partial charge in [-0.25, -0.2) is 0 Å². The Morgan fingerprint density at radius 3 is 2.32 bits per heavy atom. The number of hydrogen-bond donors (Lipinski definition) is 0. The lowest BCUT2D eigenvalue weighted by Crippen LogP contribution is -2.17. The molecule has 0 N–H and O–H groups in total. The normalized spacial score (nSPS) is 19.0. The van der Waals surface area contributed by atoms with E-state index in [4.69, 9.17) is 0 Å². The Hall–Kier alpha value is -1.42. The molecule has 0 heterocycles. The quantitative estimate of drug-likeness (QED) is 0.538. The van der Waals surface area contributed by atoms with Crippen molar-refractivity contribution in [1.29, 1.82) is 0 Å². The molecule has 3 rings (SSSR count). The highest BCUT2D eigenvalue weighted by Gasteiger charge is 2.25. The number of hydrogen-bond acceptors (Lipinski definition) is 1. The lowest BCUT2D eigenvalue weighted by molar-refractivity contribution is 0.0968. The number of carbonyl (C=O) groups excluding carboxylic acids is 1. The molecule has 1 aliphatic carbocycles. The lowest BCUT2D eigenvalue weighted by atomic mass is 9.85. The van der Waals surface area contributed by atoms with Crippen molar-refractivity contribution in [3.8, 4) is 0 Å². The second-order valence-electron chi connectivity index (χ2n) is 4.62. The fraction of sp³-hybridized carbons (Fsp3) is 0.118. The predicted molar refractivity (Wildman–Crippen MR) is 87.8 cm³/mol. The molecule has 0 bridgehead atoms. The zero-order chi connectivity index (χ0) is 13.2. The van der Waals surface area contributed by atoms with Crippen molar-refractivity contribution in [2.45, 2.75) is 5.92 Å². The minimum atomic E-state index is -0.0529. The summed E-state index contributed by atoms with van der Waals surface area (Å²) in [5.41, 5.74) is 4.12. The summed E-state index contributed by atoms with van der Waals surface area (Å²) >= 11 is 2.30. The summed E-state index contributed by atoms with van der Waals surface area (Å²) in [5, 5.41) is 0. The molecule has 0 saturated heterocycles. The number of benzene rings is 2. The molecule has 0 aliphatic heterocycles. The van der Waals surface area contributed by atoms with Gasteiger partial charge in [0.1, 0.15) is 0 Å². The summed E-state index contributed by atoms with van der Waals surface area (Å²) in [5.74, 6) is 0.171. The van der Waals surface area contributed by atoms with Gasteiger partial charge in [-0.1, -0.05) is 83.3 Å². The minimum absolute atomic E-state index is 0.0529. The third kappa shape index (κ3) is 2.25. The van der Waals surface area contributed by atoms with E-state index in [2.05, 4.69) is 40.8 Å². The van der Waals surface area contributed by atoms with Crippen LogP contribution in [0.1, 0.15) is 33.0 Å². The molecular weight excluding hydrogens is 347 g/mol. The average Bonchev–Trinajstić information content (AvgIpc) is 2.46. The van der Waals surface area contributed by atoms with Crippen LogP contribution >= 0.6 is 22.6 Å². The van der Waals surface area contributed by atoms with Gasteiger partial charge >= 0.3 is 0 Å². The number of Topliss-reactive ketones (excluding diaryl/α,β-unsaturated/α-hetero) is 1. The number of halogens is 1. The van der Waals surface area contributed by atoms with Crippen LogP contribution in [0.3, 0.4) is 0 Å². The summed E-state index contributed by atoms with van der Waals surface area (Å²) in [4.78, 5) is 12.7. The summed E-state index contributed by atoms with van der Waals surface area (Å²) in [6.45, 7) is 0. The van der Waals surface area contributed by atoms with Crippen LogP contribution in [-0.2, 0) is 0 Å². The Bertz CT molecular complexity index is 658. The third-order valence-corrected chi connectivity index (χ3v) is 4.39. The van der Waals surface area contributed by atoms with E-state index in [-0.39, 0.29) is 11.7 Å². The summed E-state index contributed by atoms with van der Waals surface area (Å²) < 4.78 is 0.801. The molecule has 0 spiro atoms. The standard InChI is InChI=1S/C17H13IO/c18-11-16-14-7-3-1-5-12(14)9-10-13-6-2-4-8-15(13)17(16)19/h1-10,16H,11H2/b10-9-. The number of rotatable bonds is 1. The fourth-order valence-corrected chi connectivity index (χ4v) is 3.38. The van der Waals surface area contributed by atoms with Crippen molar-refractivity contribution in [2.24, 2.45) is 0 Å². The van der Waals surface area contributed by atoms with E-state index in [0.29, 0.717) is 0 Å². The van der Waals surface area contributed by atoms with Crippen LogP contribution in [0.2, 0.25) is 0 Å². The molecule has 0 saturated carbocycles. The smallest absolute Gasteiger partial charge is 0.171 e. The summed E-state index contributed by atoms with van der Waals surface area (Å²) in [6, 6.07) is 16.0. The van der Waals surface area contributed by atoms with E-state index in [1.807, 2.05) is 42.5 Å². The van der Waals surface area contributed by atoms with Crippen LogP contribution in [-0.4, -0.2) is 10.2 Å². The van der Waals surface area contributed by atoms with E-state index in [0.717, 1.165) is 26.7 Å². The molecule has 2 heteroatoms. The second kappa shape index (κ2) is 5.29. The lowest BCUT2D eigenvalue weighted by Gasteiger charge is -2.19. The highest BCUT2D eigenvalue weighted by Crippen LogP contribution is 2.31. The average molecular weight is 360 g/mol. The zero-order valence-corrected chi connectivity index (χ0v) is 12.5. The zero-order valence-electron chi connectivity index (χ0n) is 10.3. The molecule has 1 unspecified atom stereocenters. The van der Waals surface area contributed by atoms with Crippen LogP contribution in [0, 0.1) is 0 Å². The highest BCUT2D eigenvalue weighted by atomic mass is 127. The van der Waals surface area contributed by atoms with Crippen molar-refractivity contribution in [2.75, 3.05) is 4.43 Å². The van der Waals surface area contributed by atoms with Crippen molar-refractivity contribution in [1.82, 2.24) is 0 Å². The maximum absolute atomic E-state index is 12.7. The minimum Gasteiger partial charge on any atom is -0.293 e. The van der Waals surface area contributed by atoms with E-state index in [9.17, 15) is 4.79 Å². The summed E-state index contributed by atoms with van der Waals surface area (Å²) in [6.07, 6.45) is 4.15. The van der Waals surface area contributed by atoms with Gasteiger partial charge in [0.25, 0.3) is 0 Å². The van der Waals surface area contributed by atoms with E-state index in [1.165, 1.54) is 0 Å². The molecule has 0 amide bonds. The second-order valence-corrected chi connectivity index (χ2v) is 5.50. The summed E-state index contributed by atoms with van der Waals surface area (Å²) in [7, 11) is 0. The first kappa shape index (κ1) is 12.6. The topological polar surface area (TPSA) is 17.1 Å². The Balaban J connectivity index is 2.25. The molecule has 1 atom stereocenters. The van der Waals surface area contributed by atoms with Crippen LogP contribution in [0.5, 0.6) is 0 Å². The van der Waals surface area contributed by atoms with Crippen LogP contribution in [0.15, 0.2) is 48.5 Å². The first-order chi connectivity index (χ1) is 9.31. The maximum atomic E-state index is 12.7. The predicted octanol–water partition coefficient (Wildman–Crippen LogP) is 4.57. The monoisotopic (exact) mass is 360 g/mol. The van der Waals surface area contributed by atoms with Crippen LogP contribution in [0.25, 0.3) is 12.2 Å². The molecule has 0 aromatic heterocycles. The fourth-order valence-electron chi connectivity index (χ4n) is 2.51. The Morgan fingerprint density at radius 2 is 1.53 bits per heavy atom. The Labute approximate surface area is 126 Å². The van der Waals surface area contributed by atoms with Gasteiger partial charge in [0.05, 0.1) is 5.92 Å². The number of carbonyl (C=O) groups is 1. The largest absolute Gasteiger partial charge is 0.293 e. The maximum Gasteiger partial charge on any atom is 0.171 e. The first-order valence-corrected chi connectivity index (χ1v) is 7.80. The molecule has 2 aromatic carbocycles. The van der Waals surface area contributed by atoms with Crippen LogP contribution < -0.4 is 0 Å². The molecule has 1 nitrogen and oxygen atoms in total. The first-order valence-electron chi connectivity index (χ1n) is 6.27. The van der Waals surface area contributed by atoms with E-state index in [1.54, 1.807) is 0 Å². The molecule has 0 fully saturated rings. The Kier molecular flexibility index (Phi) is 3.51. The Morgan fingerprint density at radius 1 is 0.895 bits per heavy atom. The van der Waals surface area contributed by atoms with Gasteiger partial charge in [0.15, 0.2) is 5.78 Å². The molecule has 2 aromatic rings. The van der Waals surface area contributed by atoms with Gasteiger partial charge in [0, 0.05) is 9.99 Å². The van der Waals surface area contributed by atoms with Crippen LogP contribution in [0.4, 0.5) is 0 Å². The molecule has 19 heavy (non-hydrogen) atoms. The highest BCUT2D eigenvalue weighted by molar-refractivity contribution is 14.1. The number of fused-ring (bicyclic) bond motifs is 2. The van der Waals surface area contributed by atoms with Crippen molar-refractivity contribution in [3.63, 3.8) is 0 Å². The number of alkyl halides is 1. The SMILES string of the molecule is O=C1c2ccccc2/C=C\c2ccccc2C1CI. The molecule has 1 aliphatic rings. The van der Waals surface area contributed by atoms with Gasteiger partial charge in [-0.15, -0.1) is 0 Å². The van der Waals surface area contributed by atoms with Gasteiger partial charge in [-0.2, -0.15) is 0 Å².